The maximum atomic E-state index is 14.2. The number of halogens is 1. The summed E-state index contributed by atoms with van der Waals surface area (Å²) >= 11 is 3.00. The molecule has 2 aromatic heterocycles. The smallest absolute Gasteiger partial charge is 0.260 e. The van der Waals surface area contributed by atoms with Crippen molar-refractivity contribution in [3.8, 4) is 0 Å². The van der Waals surface area contributed by atoms with E-state index in [4.69, 9.17) is 0 Å². The number of fused-ring (bicyclic) bond motifs is 1. The second-order valence-electron chi connectivity index (χ2n) is 6.99. The van der Waals surface area contributed by atoms with Crippen LogP contribution < -0.4 is 4.90 Å². The number of anilines is 1. The average molecular weight is 438 g/mol. The van der Waals surface area contributed by atoms with Crippen LogP contribution in [0.3, 0.4) is 0 Å². The summed E-state index contributed by atoms with van der Waals surface area (Å²) in [4.78, 5) is 24.9. The first-order valence-electron chi connectivity index (χ1n) is 9.55. The number of thioether (sulfide) groups is 1. The molecule has 0 spiro atoms. The van der Waals surface area contributed by atoms with Crippen molar-refractivity contribution in [3.63, 3.8) is 0 Å². The molecule has 0 aliphatic heterocycles. The molecule has 2 aromatic carbocycles. The zero-order chi connectivity index (χ0) is 21.1. The lowest BCUT2D eigenvalue weighted by Crippen LogP contribution is -2.30. The van der Waals surface area contributed by atoms with Crippen molar-refractivity contribution in [1.29, 1.82) is 0 Å². The van der Waals surface area contributed by atoms with Crippen LogP contribution in [0, 0.1) is 5.82 Å². The van der Waals surface area contributed by atoms with E-state index in [1.807, 2.05) is 42.5 Å². The highest BCUT2D eigenvalue weighted by Crippen LogP contribution is 2.32. The van der Waals surface area contributed by atoms with Gasteiger partial charge in [0, 0.05) is 21.9 Å². The Morgan fingerprint density at radius 1 is 1.13 bits per heavy atom. The number of carbonyl (C=O) groups excluding carboxylic acids is 1. The third-order valence-electron chi connectivity index (χ3n) is 4.33. The normalized spacial score (nSPS) is 11.2. The number of pyridine rings is 1. The molecule has 0 radical (unpaired) electrons. The van der Waals surface area contributed by atoms with E-state index in [9.17, 15) is 9.18 Å². The van der Waals surface area contributed by atoms with E-state index in [0.717, 1.165) is 10.6 Å². The Kier molecular flexibility index (Phi) is 6.11. The summed E-state index contributed by atoms with van der Waals surface area (Å²) in [5.74, 6) is -0.582. The van der Waals surface area contributed by atoms with Gasteiger partial charge in [-0.1, -0.05) is 43.4 Å². The van der Waals surface area contributed by atoms with E-state index in [1.165, 1.54) is 17.4 Å². The second-order valence-corrected chi connectivity index (χ2v) is 9.65. The zero-order valence-corrected chi connectivity index (χ0v) is 18.2. The Hall–Kier alpha value is -2.77. The molecule has 0 unspecified atom stereocenters. The summed E-state index contributed by atoms with van der Waals surface area (Å²) < 4.78 is 14.9. The summed E-state index contributed by atoms with van der Waals surface area (Å²) in [7, 11) is 0. The van der Waals surface area contributed by atoms with Crippen LogP contribution in [0.4, 0.5) is 9.52 Å². The maximum Gasteiger partial charge on any atom is 0.260 e. The highest BCUT2D eigenvalue weighted by molar-refractivity contribution is 7.99. The van der Waals surface area contributed by atoms with E-state index in [1.54, 1.807) is 35.0 Å². The number of para-hydroxylation sites is 1. The molecule has 0 aliphatic carbocycles. The molecule has 0 fully saturated rings. The SMILES string of the molecule is CC(C)Sc1cccc(C(=O)N(Cc2ccccn2)c2nc3c(F)cccc3s2)c1. The van der Waals surface area contributed by atoms with Crippen LogP contribution in [0.5, 0.6) is 0 Å². The average Bonchev–Trinajstić information content (AvgIpc) is 3.17. The number of carbonyl (C=O) groups is 1. The Morgan fingerprint density at radius 2 is 1.97 bits per heavy atom. The number of hydrogen-bond donors (Lipinski definition) is 0. The van der Waals surface area contributed by atoms with E-state index in [2.05, 4.69) is 23.8 Å². The third-order valence-corrected chi connectivity index (χ3v) is 6.37. The molecular formula is C23H20FN3OS2. The summed E-state index contributed by atoms with van der Waals surface area (Å²) in [5, 5.41) is 0.861. The Labute approximate surface area is 182 Å². The molecule has 30 heavy (non-hydrogen) atoms. The van der Waals surface area contributed by atoms with Gasteiger partial charge in [0.1, 0.15) is 11.3 Å². The Bertz CT molecular complexity index is 1180. The first-order valence-corrected chi connectivity index (χ1v) is 11.2. The van der Waals surface area contributed by atoms with E-state index < -0.39 is 5.82 Å². The van der Waals surface area contributed by atoms with Gasteiger partial charge in [-0.05, 0) is 42.5 Å². The summed E-state index contributed by atoms with van der Waals surface area (Å²) in [6.07, 6.45) is 1.69. The Morgan fingerprint density at radius 3 is 2.70 bits per heavy atom. The fourth-order valence-corrected chi connectivity index (χ4v) is 4.90. The second kappa shape index (κ2) is 8.93. The molecule has 0 aliphatic rings. The van der Waals surface area contributed by atoms with Gasteiger partial charge in [-0.25, -0.2) is 9.37 Å². The van der Waals surface area contributed by atoms with Gasteiger partial charge < -0.3 is 0 Å². The van der Waals surface area contributed by atoms with Crippen molar-refractivity contribution >= 4 is 44.4 Å². The maximum absolute atomic E-state index is 14.2. The number of benzene rings is 2. The first kappa shape index (κ1) is 20.5. The zero-order valence-electron chi connectivity index (χ0n) is 16.6. The van der Waals surface area contributed by atoms with Crippen LogP contribution in [0.1, 0.15) is 29.9 Å². The lowest BCUT2D eigenvalue weighted by atomic mass is 10.2. The fourth-order valence-electron chi connectivity index (χ4n) is 3.03. The molecule has 0 atom stereocenters. The molecule has 0 saturated heterocycles. The van der Waals surface area contributed by atoms with Gasteiger partial charge in [0.15, 0.2) is 5.13 Å². The molecule has 4 aromatic rings. The van der Waals surface area contributed by atoms with Crippen molar-refractivity contribution in [2.45, 2.75) is 30.5 Å². The van der Waals surface area contributed by atoms with Crippen molar-refractivity contribution in [2.75, 3.05) is 4.90 Å². The minimum Gasteiger partial charge on any atom is -0.278 e. The number of rotatable bonds is 6. The number of nitrogens with zero attached hydrogens (tertiary/aromatic N) is 3. The van der Waals surface area contributed by atoms with Crippen molar-refractivity contribution < 1.29 is 9.18 Å². The number of thiazole rings is 1. The number of hydrogen-bond acceptors (Lipinski definition) is 5. The molecule has 4 rings (SSSR count). The molecule has 0 N–H and O–H groups in total. The fraction of sp³-hybridized carbons (Fsp3) is 0.174. The van der Waals surface area contributed by atoms with Crippen LogP contribution >= 0.6 is 23.1 Å². The summed E-state index contributed by atoms with van der Waals surface area (Å²) in [5.41, 5.74) is 1.58. The van der Waals surface area contributed by atoms with Gasteiger partial charge >= 0.3 is 0 Å². The van der Waals surface area contributed by atoms with E-state index in [-0.39, 0.29) is 18.0 Å². The predicted molar refractivity (Wildman–Crippen MR) is 122 cm³/mol. The largest absolute Gasteiger partial charge is 0.278 e. The van der Waals surface area contributed by atoms with Gasteiger partial charge in [-0.3, -0.25) is 14.7 Å². The molecule has 1 amide bonds. The molecule has 7 heteroatoms. The van der Waals surface area contributed by atoms with E-state index in [0.29, 0.717) is 20.6 Å². The van der Waals surface area contributed by atoms with Crippen molar-refractivity contribution in [3.05, 3.63) is 83.9 Å². The molecule has 4 nitrogen and oxygen atoms in total. The van der Waals surface area contributed by atoms with Crippen LogP contribution in [0.2, 0.25) is 0 Å². The van der Waals surface area contributed by atoms with Gasteiger partial charge in [0.25, 0.3) is 5.91 Å². The van der Waals surface area contributed by atoms with Crippen molar-refractivity contribution in [2.24, 2.45) is 0 Å². The minimum absolute atomic E-state index is 0.189. The van der Waals surface area contributed by atoms with Gasteiger partial charge in [0.2, 0.25) is 0 Å². The lowest BCUT2D eigenvalue weighted by molar-refractivity contribution is 0.0984. The predicted octanol–water partition coefficient (Wildman–Crippen LogP) is 6.18. The van der Waals surface area contributed by atoms with Crippen molar-refractivity contribution in [1.82, 2.24) is 9.97 Å². The molecule has 0 saturated carbocycles. The minimum atomic E-state index is -0.393. The molecule has 2 heterocycles. The topological polar surface area (TPSA) is 46.1 Å². The summed E-state index contributed by atoms with van der Waals surface area (Å²) in [6, 6.07) is 18.0. The van der Waals surface area contributed by atoms with E-state index >= 15 is 0 Å². The van der Waals surface area contributed by atoms with Crippen LogP contribution in [-0.2, 0) is 6.54 Å². The molecule has 0 bridgehead atoms. The standard InChI is InChI=1S/C23H20FN3OS2/c1-15(2)29-18-9-5-7-16(13-18)22(28)27(14-17-8-3-4-12-25-17)23-26-21-19(24)10-6-11-20(21)30-23/h3-13,15H,14H2,1-2H3. The van der Waals surface area contributed by atoms with Crippen LogP contribution in [0.15, 0.2) is 71.8 Å². The lowest BCUT2D eigenvalue weighted by Gasteiger charge is -2.20. The number of aromatic nitrogens is 2. The highest BCUT2D eigenvalue weighted by Gasteiger charge is 2.23. The first-order chi connectivity index (χ1) is 14.5. The summed E-state index contributed by atoms with van der Waals surface area (Å²) in [6.45, 7) is 4.48. The quantitative estimate of drug-likeness (QED) is 0.338. The Balaban J connectivity index is 1.74. The van der Waals surface area contributed by atoms with Gasteiger partial charge in [0.05, 0.1) is 16.9 Å². The third kappa shape index (κ3) is 4.52. The molecular weight excluding hydrogens is 417 g/mol. The molecule has 152 valence electrons. The van der Waals surface area contributed by atoms with Gasteiger partial charge in [-0.2, -0.15) is 0 Å². The van der Waals surface area contributed by atoms with Crippen LogP contribution in [-0.4, -0.2) is 21.1 Å². The van der Waals surface area contributed by atoms with Crippen LogP contribution in [0.25, 0.3) is 10.2 Å². The number of amides is 1. The highest BCUT2D eigenvalue weighted by atomic mass is 32.2. The monoisotopic (exact) mass is 437 g/mol. The van der Waals surface area contributed by atoms with Gasteiger partial charge in [-0.15, -0.1) is 11.8 Å².